The summed E-state index contributed by atoms with van der Waals surface area (Å²) in [6, 6.07) is 8.18. The molecule has 0 bridgehead atoms. The third kappa shape index (κ3) is 2.77. The van der Waals surface area contributed by atoms with Crippen LogP contribution in [0.4, 0.5) is 0 Å². The molecular weight excluding hydrogens is 246 g/mol. The number of fused-ring (bicyclic) bond motifs is 1. The lowest BCUT2D eigenvalue weighted by Crippen LogP contribution is -2.32. The van der Waals surface area contributed by atoms with Crippen LogP contribution in [0.1, 0.15) is 52.4 Å². The van der Waals surface area contributed by atoms with Crippen LogP contribution < -0.4 is 0 Å². The summed E-state index contributed by atoms with van der Waals surface area (Å²) in [5.74, 6) is 0. The van der Waals surface area contributed by atoms with Crippen molar-refractivity contribution in [2.45, 2.75) is 57.9 Å². The van der Waals surface area contributed by atoms with Crippen molar-refractivity contribution in [3.8, 4) is 0 Å². The highest BCUT2D eigenvalue weighted by Gasteiger charge is 2.30. The Morgan fingerprint density at radius 2 is 1.80 bits per heavy atom. The number of hydrogen-bond acceptors (Lipinski definition) is 2. The number of rotatable bonds is 8. The van der Waals surface area contributed by atoms with Crippen molar-refractivity contribution in [3.63, 3.8) is 0 Å². The van der Waals surface area contributed by atoms with Gasteiger partial charge in [-0.05, 0) is 25.0 Å². The molecule has 3 heteroatoms. The van der Waals surface area contributed by atoms with E-state index in [0.29, 0.717) is 0 Å². The van der Waals surface area contributed by atoms with E-state index in [-0.39, 0.29) is 5.54 Å². The smallest absolute Gasteiger partial charge is 0.113 e. The van der Waals surface area contributed by atoms with Crippen molar-refractivity contribution >= 4 is 11.0 Å². The summed E-state index contributed by atoms with van der Waals surface area (Å²) in [4.78, 5) is 0. The Morgan fingerprint density at radius 1 is 1.15 bits per heavy atom. The fraction of sp³-hybridized carbons (Fsp3) is 0.529. The standard InChI is InChI=1S/C17H25N3/c1-4-7-13-17(6-3,14-8-5-2)20-16-12-10-9-11-15(16)18-19-20/h6,9-12H,3-5,7-8,13-14H2,1-2H3. The zero-order chi connectivity index (χ0) is 14.4. The van der Waals surface area contributed by atoms with Crippen LogP contribution in [0, 0.1) is 0 Å². The van der Waals surface area contributed by atoms with E-state index in [1.165, 1.54) is 25.7 Å². The minimum atomic E-state index is -0.0951. The van der Waals surface area contributed by atoms with Gasteiger partial charge in [-0.15, -0.1) is 11.7 Å². The molecule has 0 N–H and O–H groups in total. The zero-order valence-corrected chi connectivity index (χ0v) is 12.7. The second-order valence-electron chi connectivity index (χ2n) is 5.50. The summed E-state index contributed by atoms with van der Waals surface area (Å²) in [7, 11) is 0. The van der Waals surface area contributed by atoms with Gasteiger partial charge in [0.25, 0.3) is 0 Å². The largest absolute Gasteiger partial charge is 0.235 e. The second kappa shape index (κ2) is 6.69. The van der Waals surface area contributed by atoms with Crippen LogP contribution in [0.15, 0.2) is 36.9 Å². The van der Waals surface area contributed by atoms with Gasteiger partial charge in [0, 0.05) is 0 Å². The summed E-state index contributed by atoms with van der Waals surface area (Å²) >= 11 is 0. The van der Waals surface area contributed by atoms with Gasteiger partial charge in [-0.3, -0.25) is 0 Å². The van der Waals surface area contributed by atoms with Crippen molar-refractivity contribution < 1.29 is 0 Å². The fourth-order valence-corrected chi connectivity index (χ4v) is 2.79. The highest BCUT2D eigenvalue weighted by Crippen LogP contribution is 2.33. The van der Waals surface area contributed by atoms with E-state index >= 15 is 0 Å². The Hall–Kier alpha value is -1.64. The molecule has 0 aliphatic carbocycles. The maximum Gasteiger partial charge on any atom is 0.113 e. The second-order valence-corrected chi connectivity index (χ2v) is 5.50. The number of benzene rings is 1. The lowest BCUT2D eigenvalue weighted by Gasteiger charge is -2.31. The number of aromatic nitrogens is 3. The van der Waals surface area contributed by atoms with E-state index in [0.717, 1.165) is 23.9 Å². The molecule has 1 heterocycles. The van der Waals surface area contributed by atoms with Crippen molar-refractivity contribution in [1.82, 2.24) is 15.0 Å². The normalized spacial score (nSPS) is 11.9. The molecule has 1 aromatic carbocycles. The van der Waals surface area contributed by atoms with Gasteiger partial charge in [-0.1, -0.05) is 63.0 Å². The fourth-order valence-electron chi connectivity index (χ4n) is 2.79. The molecule has 2 aromatic rings. The predicted octanol–water partition coefficient (Wildman–Crippen LogP) is 4.69. The summed E-state index contributed by atoms with van der Waals surface area (Å²) < 4.78 is 2.10. The Morgan fingerprint density at radius 3 is 2.40 bits per heavy atom. The van der Waals surface area contributed by atoms with Gasteiger partial charge in [0.05, 0.1) is 11.1 Å². The summed E-state index contributed by atoms with van der Waals surface area (Å²) in [6.07, 6.45) is 9.00. The molecule has 108 valence electrons. The molecular formula is C17H25N3. The molecule has 0 saturated heterocycles. The molecule has 0 aliphatic heterocycles. The molecule has 0 fully saturated rings. The van der Waals surface area contributed by atoms with Crippen molar-refractivity contribution in [3.05, 3.63) is 36.9 Å². The minimum Gasteiger partial charge on any atom is -0.235 e. The molecule has 0 radical (unpaired) electrons. The first-order valence-corrected chi connectivity index (χ1v) is 7.72. The maximum absolute atomic E-state index is 4.44. The van der Waals surface area contributed by atoms with Crippen LogP contribution in [0.2, 0.25) is 0 Å². The SMILES string of the molecule is C=CC(CCCC)(CCCC)n1nnc2ccccc21. The van der Waals surface area contributed by atoms with Crippen LogP contribution in [0.5, 0.6) is 0 Å². The Balaban J connectivity index is 2.45. The average Bonchev–Trinajstić information content (AvgIpc) is 2.93. The first kappa shape index (κ1) is 14.8. The Kier molecular flexibility index (Phi) is 4.94. The molecule has 0 unspecified atom stereocenters. The topological polar surface area (TPSA) is 30.7 Å². The Bertz CT molecular complexity index is 548. The number of unbranched alkanes of at least 4 members (excludes halogenated alkanes) is 2. The van der Waals surface area contributed by atoms with Gasteiger partial charge in [-0.2, -0.15) is 0 Å². The molecule has 0 amide bonds. The van der Waals surface area contributed by atoms with E-state index < -0.39 is 0 Å². The monoisotopic (exact) mass is 271 g/mol. The van der Waals surface area contributed by atoms with Gasteiger partial charge in [0.15, 0.2) is 0 Å². The van der Waals surface area contributed by atoms with Gasteiger partial charge < -0.3 is 0 Å². The van der Waals surface area contributed by atoms with Crippen LogP contribution in [-0.2, 0) is 5.54 Å². The van der Waals surface area contributed by atoms with Crippen LogP contribution in [0.3, 0.4) is 0 Å². The molecule has 1 aromatic heterocycles. The number of para-hydroxylation sites is 1. The zero-order valence-electron chi connectivity index (χ0n) is 12.7. The molecule has 0 saturated carbocycles. The van der Waals surface area contributed by atoms with Gasteiger partial charge in [-0.25, -0.2) is 4.68 Å². The van der Waals surface area contributed by atoms with Crippen molar-refractivity contribution in [1.29, 1.82) is 0 Å². The van der Waals surface area contributed by atoms with Crippen LogP contribution in [-0.4, -0.2) is 15.0 Å². The summed E-state index contributed by atoms with van der Waals surface area (Å²) in [5.41, 5.74) is 1.98. The lowest BCUT2D eigenvalue weighted by atomic mass is 9.87. The van der Waals surface area contributed by atoms with E-state index in [2.05, 4.69) is 53.6 Å². The lowest BCUT2D eigenvalue weighted by molar-refractivity contribution is 0.275. The van der Waals surface area contributed by atoms with Crippen LogP contribution in [0.25, 0.3) is 11.0 Å². The van der Waals surface area contributed by atoms with Gasteiger partial charge in [0.2, 0.25) is 0 Å². The van der Waals surface area contributed by atoms with Gasteiger partial charge >= 0.3 is 0 Å². The van der Waals surface area contributed by atoms with Crippen molar-refractivity contribution in [2.75, 3.05) is 0 Å². The summed E-state index contributed by atoms with van der Waals surface area (Å²) in [5, 5.41) is 8.75. The Labute approximate surface area is 121 Å². The molecule has 0 aliphatic rings. The third-order valence-electron chi connectivity index (χ3n) is 4.08. The van der Waals surface area contributed by atoms with E-state index in [1.54, 1.807) is 0 Å². The highest BCUT2D eigenvalue weighted by atomic mass is 15.5. The summed E-state index contributed by atoms with van der Waals surface area (Å²) in [6.45, 7) is 8.57. The molecule has 2 rings (SSSR count). The molecule has 20 heavy (non-hydrogen) atoms. The quantitative estimate of drug-likeness (QED) is 0.652. The molecule has 0 atom stereocenters. The van der Waals surface area contributed by atoms with Crippen molar-refractivity contribution in [2.24, 2.45) is 0 Å². The predicted molar refractivity (Wildman–Crippen MR) is 84.7 cm³/mol. The first-order chi connectivity index (χ1) is 9.77. The number of allylic oxidation sites excluding steroid dienone is 1. The highest BCUT2D eigenvalue weighted by molar-refractivity contribution is 5.74. The van der Waals surface area contributed by atoms with Gasteiger partial charge in [0.1, 0.15) is 5.52 Å². The minimum absolute atomic E-state index is 0.0951. The number of nitrogens with zero attached hydrogens (tertiary/aromatic N) is 3. The molecule has 3 nitrogen and oxygen atoms in total. The van der Waals surface area contributed by atoms with E-state index in [9.17, 15) is 0 Å². The average molecular weight is 271 g/mol. The third-order valence-corrected chi connectivity index (χ3v) is 4.08. The maximum atomic E-state index is 4.44. The number of hydrogen-bond donors (Lipinski definition) is 0. The van der Waals surface area contributed by atoms with E-state index in [4.69, 9.17) is 0 Å². The van der Waals surface area contributed by atoms with Crippen LogP contribution >= 0.6 is 0 Å². The molecule has 0 spiro atoms. The first-order valence-electron chi connectivity index (χ1n) is 7.72. The van der Waals surface area contributed by atoms with E-state index in [1.807, 2.05) is 12.1 Å².